The van der Waals surface area contributed by atoms with E-state index in [1.54, 1.807) is 0 Å². The highest BCUT2D eigenvalue weighted by Gasteiger charge is 2.45. The molecule has 2 heterocycles. The van der Waals surface area contributed by atoms with Gasteiger partial charge in [0.05, 0.1) is 18.8 Å². The van der Waals surface area contributed by atoms with Crippen molar-refractivity contribution in [2.75, 3.05) is 6.61 Å². The van der Waals surface area contributed by atoms with E-state index in [0.717, 1.165) is 44.8 Å². The summed E-state index contributed by atoms with van der Waals surface area (Å²) in [6.45, 7) is 5.46. The van der Waals surface area contributed by atoms with Crippen molar-refractivity contribution in [1.82, 2.24) is 0 Å². The van der Waals surface area contributed by atoms with E-state index in [9.17, 15) is 4.79 Å². The second kappa shape index (κ2) is 9.12. The van der Waals surface area contributed by atoms with Gasteiger partial charge in [0.1, 0.15) is 6.29 Å². The molecule has 3 rings (SSSR count). The number of hydrogen-bond donors (Lipinski definition) is 0. The third-order valence-electron chi connectivity index (χ3n) is 5.79. The lowest BCUT2D eigenvalue weighted by molar-refractivity contribution is -0.328. The molecule has 1 aromatic carbocycles. The Morgan fingerprint density at radius 3 is 2.81 bits per heavy atom. The topological polar surface area (TPSA) is 44.8 Å². The zero-order valence-electron chi connectivity index (χ0n) is 16.1. The van der Waals surface area contributed by atoms with Crippen LogP contribution in [0.2, 0.25) is 0 Å². The minimum absolute atomic E-state index is 0.0330. The van der Waals surface area contributed by atoms with Crippen LogP contribution in [0.15, 0.2) is 30.3 Å². The molecule has 0 bridgehead atoms. The Labute approximate surface area is 157 Å². The van der Waals surface area contributed by atoms with Gasteiger partial charge in [-0.3, -0.25) is 0 Å². The first kappa shape index (κ1) is 19.5. The fraction of sp³-hybridized carbons (Fsp3) is 0.682. The van der Waals surface area contributed by atoms with Gasteiger partial charge in [-0.2, -0.15) is 0 Å². The summed E-state index contributed by atoms with van der Waals surface area (Å²) >= 11 is 0. The molecule has 4 heteroatoms. The van der Waals surface area contributed by atoms with Crippen molar-refractivity contribution in [3.05, 3.63) is 35.9 Å². The van der Waals surface area contributed by atoms with Crippen molar-refractivity contribution in [2.45, 2.75) is 77.0 Å². The molecule has 0 radical (unpaired) electrons. The number of aldehydes is 1. The fourth-order valence-electron chi connectivity index (χ4n) is 4.21. The largest absolute Gasteiger partial charge is 0.377 e. The summed E-state index contributed by atoms with van der Waals surface area (Å²) in [6.07, 6.45) is 7.14. The molecule has 144 valence electrons. The van der Waals surface area contributed by atoms with Crippen LogP contribution in [0.5, 0.6) is 0 Å². The first-order valence-electron chi connectivity index (χ1n) is 10.0. The summed E-state index contributed by atoms with van der Waals surface area (Å²) in [7, 11) is 0. The Morgan fingerprint density at radius 2 is 2.04 bits per heavy atom. The Kier molecular flexibility index (Phi) is 6.85. The SMILES string of the molecule is C[C@H](C=O)[C@H]1O[C@@]2(CCC[C@@H](CCOCc3ccccc3)O2)CC[C@H]1C. The molecular formula is C22H32O4. The van der Waals surface area contributed by atoms with Crippen LogP contribution in [0.1, 0.15) is 57.9 Å². The zero-order valence-corrected chi connectivity index (χ0v) is 16.1. The second-order valence-corrected chi connectivity index (χ2v) is 7.96. The molecule has 1 spiro atoms. The molecule has 0 amide bonds. The number of carbonyl (C=O) groups is 1. The van der Waals surface area contributed by atoms with Gasteiger partial charge in [0, 0.05) is 25.4 Å². The zero-order chi connectivity index (χ0) is 18.4. The standard InChI is InChI=1S/C22H32O4/c1-17-10-13-22(26-21(17)18(2)15-23)12-6-9-20(25-22)11-14-24-16-19-7-4-3-5-8-19/h3-5,7-8,15,17-18,20-21H,6,9-14,16H2,1-2H3/t17-,18-,20+,21+,22+/m1/s1. The Hall–Kier alpha value is -1.23. The predicted molar refractivity (Wildman–Crippen MR) is 101 cm³/mol. The molecule has 2 saturated heterocycles. The summed E-state index contributed by atoms with van der Waals surface area (Å²) in [5.41, 5.74) is 1.20. The maximum Gasteiger partial charge on any atom is 0.169 e. The number of carbonyl (C=O) groups excluding carboxylic acids is 1. The minimum atomic E-state index is -0.489. The van der Waals surface area contributed by atoms with E-state index < -0.39 is 5.79 Å². The van der Waals surface area contributed by atoms with E-state index in [2.05, 4.69) is 19.1 Å². The van der Waals surface area contributed by atoms with Crippen molar-refractivity contribution in [2.24, 2.45) is 11.8 Å². The van der Waals surface area contributed by atoms with Gasteiger partial charge in [-0.05, 0) is 37.2 Å². The third kappa shape index (κ3) is 4.93. The highest BCUT2D eigenvalue weighted by atomic mass is 16.7. The molecule has 5 atom stereocenters. The molecule has 0 aliphatic carbocycles. The summed E-state index contributed by atoms with van der Waals surface area (Å²) in [4.78, 5) is 11.2. The van der Waals surface area contributed by atoms with Gasteiger partial charge >= 0.3 is 0 Å². The van der Waals surface area contributed by atoms with E-state index in [4.69, 9.17) is 14.2 Å². The molecule has 2 fully saturated rings. The van der Waals surface area contributed by atoms with Crippen molar-refractivity contribution in [3.8, 4) is 0 Å². The van der Waals surface area contributed by atoms with Gasteiger partial charge in [-0.15, -0.1) is 0 Å². The first-order valence-corrected chi connectivity index (χ1v) is 10.0. The van der Waals surface area contributed by atoms with Gasteiger partial charge in [0.25, 0.3) is 0 Å². The quantitative estimate of drug-likeness (QED) is 0.530. The molecule has 26 heavy (non-hydrogen) atoms. The van der Waals surface area contributed by atoms with Crippen molar-refractivity contribution >= 4 is 6.29 Å². The first-order chi connectivity index (χ1) is 12.6. The highest BCUT2D eigenvalue weighted by molar-refractivity contribution is 5.53. The fourth-order valence-corrected chi connectivity index (χ4v) is 4.21. The molecule has 2 aliphatic rings. The van der Waals surface area contributed by atoms with Crippen LogP contribution in [0.3, 0.4) is 0 Å². The Morgan fingerprint density at radius 1 is 1.23 bits per heavy atom. The molecule has 4 nitrogen and oxygen atoms in total. The van der Waals surface area contributed by atoms with E-state index in [1.165, 1.54) is 5.56 Å². The van der Waals surface area contributed by atoms with Crippen molar-refractivity contribution < 1.29 is 19.0 Å². The van der Waals surface area contributed by atoms with Gasteiger partial charge in [-0.25, -0.2) is 0 Å². The van der Waals surface area contributed by atoms with Gasteiger partial charge < -0.3 is 19.0 Å². The summed E-state index contributed by atoms with van der Waals surface area (Å²) in [5.74, 6) is -0.170. The molecule has 0 saturated carbocycles. The lowest BCUT2D eigenvalue weighted by Gasteiger charge is -2.48. The number of benzene rings is 1. The Balaban J connectivity index is 1.48. The van der Waals surface area contributed by atoms with Crippen molar-refractivity contribution in [1.29, 1.82) is 0 Å². The number of hydrogen-bond acceptors (Lipinski definition) is 4. The van der Waals surface area contributed by atoms with E-state index in [-0.39, 0.29) is 18.1 Å². The van der Waals surface area contributed by atoms with Gasteiger partial charge in [0.2, 0.25) is 0 Å². The minimum Gasteiger partial charge on any atom is -0.377 e. The highest BCUT2D eigenvalue weighted by Crippen LogP contribution is 2.43. The van der Waals surface area contributed by atoms with Gasteiger partial charge in [-0.1, -0.05) is 44.2 Å². The molecule has 0 aromatic heterocycles. The molecule has 0 unspecified atom stereocenters. The molecule has 2 aliphatic heterocycles. The van der Waals surface area contributed by atoms with Gasteiger partial charge in [0.15, 0.2) is 5.79 Å². The molecule has 1 aromatic rings. The van der Waals surface area contributed by atoms with Crippen LogP contribution >= 0.6 is 0 Å². The molecule has 0 N–H and O–H groups in total. The lowest BCUT2D eigenvalue weighted by atomic mass is 9.83. The smallest absolute Gasteiger partial charge is 0.169 e. The summed E-state index contributed by atoms with van der Waals surface area (Å²) in [6, 6.07) is 10.2. The normalized spacial score (nSPS) is 33.1. The van der Waals surface area contributed by atoms with E-state index in [1.807, 2.05) is 25.1 Å². The average molecular weight is 360 g/mol. The summed E-state index contributed by atoms with van der Waals surface area (Å²) in [5, 5.41) is 0. The monoisotopic (exact) mass is 360 g/mol. The maximum atomic E-state index is 11.2. The van der Waals surface area contributed by atoms with Crippen LogP contribution in [-0.2, 0) is 25.6 Å². The van der Waals surface area contributed by atoms with Crippen LogP contribution < -0.4 is 0 Å². The predicted octanol–water partition coefficient (Wildman–Crippen LogP) is 4.51. The van der Waals surface area contributed by atoms with Crippen LogP contribution in [0, 0.1) is 11.8 Å². The third-order valence-corrected chi connectivity index (χ3v) is 5.79. The van der Waals surface area contributed by atoms with E-state index in [0.29, 0.717) is 19.1 Å². The maximum absolute atomic E-state index is 11.2. The van der Waals surface area contributed by atoms with Crippen LogP contribution in [0.4, 0.5) is 0 Å². The summed E-state index contributed by atoms with van der Waals surface area (Å²) < 4.78 is 18.6. The lowest BCUT2D eigenvalue weighted by Crippen LogP contribution is -2.52. The number of rotatable bonds is 7. The Bertz CT molecular complexity index is 561. The van der Waals surface area contributed by atoms with Crippen molar-refractivity contribution in [3.63, 3.8) is 0 Å². The van der Waals surface area contributed by atoms with E-state index >= 15 is 0 Å². The average Bonchev–Trinajstić information content (AvgIpc) is 2.68. The van der Waals surface area contributed by atoms with Crippen LogP contribution in [0.25, 0.3) is 0 Å². The second-order valence-electron chi connectivity index (χ2n) is 7.96. The number of ether oxygens (including phenoxy) is 3. The molecular weight excluding hydrogens is 328 g/mol. The van der Waals surface area contributed by atoms with Crippen LogP contribution in [-0.4, -0.2) is 30.9 Å².